The molecule has 1 aliphatic rings. The van der Waals surface area contributed by atoms with Crippen LogP contribution in [0.1, 0.15) is 19.4 Å². The minimum Gasteiger partial charge on any atom is -0.496 e. The first-order valence-electron chi connectivity index (χ1n) is 6.25. The number of benzene rings is 1. The van der Waals surface area contributed by atoms with Gasteiger partial charge in [0.15, 0.2) is 0 Å². The van der Waals surface area contributed by atoms with Crippen LogP contribution in [0.3, 0.4) is 0 Å². The largest absolute Gasteiger partial charge is 0.524 e. The summed E-state index contributed by atoms with van der Waals surface area (Å²) in [6, 6.07) is 7.23. The van der Waals surface area contributed by atoms with Crippen molar-refractivity contribution in [2.45, 2.75) is 13.8 Å². The zero-order chi connectivity index (χ0) is 13.9. The highest BCUT2D eigenvalue weighted by Crippen LogP contribution is 2.27. The number of halogens is 1. The molecule has 5 heteroatoms. The second kappa shape index (κ2) is 5.76. The first kappa shape index (κ1) is 14.1. The van der Waals surface area contributed by atoms with Gasteiger partial charge in [-0.2, -0.15) is 0 Å². The normalized spacial score (nSPS) is 19.4. The third-order valence-corrected chi connectivity index (χ3v) is 2.91. The van der Waals surface area contributed by atoms with Crippen molar-refractivity contribution in [1.29, 1.82) is 0 Å². The smallest absolute Gasteiger partial charge is 0.496 e. The van der Waals surface area contributed by atoms with Gasteiger partial charge in [0.1, 0.15) is 11.5 Å². The zero-order valence-electron chi connectivity index (χ0n) is 11.5. The molecule has 0 radical (unpaired) electrons. The lowest BCUT2D eigenvalue weighted by Crippen LogP contribution is -2.41. The molecule has 0 unspecified atom stereocenters. The fourth-order valence-corrected chi connectivity index (χ4v) is 1.85. The van der Waals surface area contributed by atoms with Gasteiger partial charge in [-0.15, -0.1) is 0 Å². The van der Waals surface area contributed by atoms with E-state index in [1.165, 1.54) is 6.08 Å². The Morgan fingerprint density at radius 1 is 1.32 bits per heavy atom. The summed E-state index contributed by atoms with van der Waals surface area (Å²) >= 11 is 0. The third kappa shape index (κ3) is 3.58. The third-order valence-electron chi connectivity index (χ3n) is 2.91. The number of methoxy groups -OCH3 is 1. The average Bonchev–Trinajstić information content (AvgIpc) is 2.39. The van der Waals surface area contributed by atoms with Gasteiger partial charge in [0.2, 0.25) is 0 Å². The molecule has 0 amide bonds. The molecule has 0 aromatic heterocycles. The quantitative estimate of drug-likeness (QED) is 0.785. The van der Waals surface area contributed by atoms with E-state index in [1.54, 1.807) is 19.2 Å². The summed E-state index contributed by atoms with van der Waals surface area (Å²) < 4.78 is 30.1. The van der Waals surface area contributed by atoms with E-state index in [9.17, 15) is 4.39 Å². The molecule has 19 heavy (non-hydrogen) atoms. The van der Waals surface area contributed by atoms with Gasteiger partial charge in [0.25, 0.3) is 0 Å². The predicted molar refractivity (Wildman–Crippen MR) is 73.5 cm³/mol. The second-order valence-corrected chi connectivity index (χ2v) is 5.39. The molecule has 3 nitrogen and oxygen atoms in total. The molecular weight excluding hydrogens is 246 g/mol. The summed E-state index contributed by atoms with van der Waals surface area (Å²) in [5, 5.41) is 0. The van der Waals surface area contributed by atoms with Crippen molar-refractivity contribution in [3.05, 3.63) is 35.6 Å². The molecule has 1 heterocycles. The van der Waals surface area contributed by atoms with E-state index in [2.05, 4.69) is 0 Å². The number of rotatable bonds is 3. The predicted octanol–water partition coefficient (Wildman–Crippen LogP) is 3.11. The molecule has 1 aromatic carbocycles. The van der Waals surface area contributed by atoms with Crippen molar-refractivity contribution in [3.8, 4) is 5.75 Å². The van der Waals surface area contributed by atoms with Gasteiger partial charge in [-0.25, -0.2) is 4.39 Å². The molecule has 0 N–H and O–H groups in total. The molecule has 102 valence electrons. The number of para-hydroxylation sites is 1. The van der Waals surface area contributed by atoms with E-state index in [0.717, 1.165) is 0 Å². The maximum absolute atomic E-state index is 14.1. The Morgan fingerprint density at radius 3 is 2.58 bits per heavy atom. The van der Waals surface area contributed by atoms with Crippen LogP contribution < -0.4 is 4.74 Å². The van der Waals surface area contributed by atoms with Crippen LogP contribution in [0.15, 0.2) is 30.0 Å². The molecule has 1 fully saturated rings. The van der Waals surface area contributed by atoms with Crippen LogP contribution in [-0.4, -0.2) is 27.4 Å². The van der Waals surface area contributed by atoms with Crippen molar-refractivity contribution in [3.63, 3.8) is 0 Å². The molecule has 0 spiro atoms. The summed E-state index contributed by atoms with van der Waals surface area (Å²) in [5.41, 5.74) is 0.154. The lowest BCUT2D eigenvalue weighted by Gasteiger charge is -2.32. The first-order chi connectivity index (χ1) is 9.02. The molecule has 0 saturated carbocycles. The highest BCUT2D eigenvalue weighted by atomic mass is 19.1. The maximum Gasteiger partial charge on any atom is 0.524 e. The lowest BCUT2D eigenvalue weighted by atomic mass is 9.81. The maximum atomic E-state index is 14.1. The molecule has 0 bridgehead atoms. The zero-order valence-corrected chi connectivity index (χ0v) is 11.5. The molecular formula is C14H18BFO3. The summed E-state index contributed by atoms with van der Waals surface area (Å²) in [6.45, 7) is 4.99. The lowest BCUT2D eigenvalue weighted by molar-refractivity contribution is 0.0298. The molecule has 2 rings (SSSR count). The SMILES string of the molecule is COc1ccccc1/C=C(\F)B1OCC(C)(C)CO1. The molecule has 0 aliphatic carbocycles. The fraction of sp³-hybridized carbons (Fsp3) is 0.429. The van der Waals surface area contributed by atoms with E-state index >= 15 is 0 Å². The highest BCUT2D eigenvalue weighted by molar-refractivity contribution is 6.54. The summed E-state index contributed by atoms with van der Waals surface area (Å²) in [6.07, 6.45) is 1.39. The van der Waals surface area contributed by atoms with Crippen molar-refractivity contribution in [2.75, 3.05) is 20.3 Å². The molecule has 0 atom stereocenters. The van der Waals surface area contributed by atoms with E-state index in [0.29, 0.717) is 24.5 Å². The van der Waals surface area contributed by atoms with Crippen molar-refractivity contribution >= 4 is 13.2 Å². The Morgan fingerprint density at radius 2 is 1.95 bits per heavy atom. The number of hydrogen-bond donors (Lipinski definition) is 0. The molecule has 1 aromatic rings. The molecule has 1 aliphatic heterocycles. The Hall–Kier alpha value is -1.33. The van der Waals surface area contributed by atoms with E-state index in [-0.39, 0.29) is 5.41 Å². The van der Waals surface area contributed by atoms with E-state index in [4.69, 9.17) is 14.0 Å². The summed E-state index contributed by atoms with van der Waals surface area (Å²) in [7, 11) is 0.638. The standard InChI is InChI=1S/C14H18BFO3/c1-14(2)9-18-15(19-10-14)13(16)8-11-6-4-5-7-12(11)17-3/h4-8H,9-10H2,1-3H3/b13-8-. The van der Waals surface area contributed by atoms with E-state index in [1.807, 2.05) is 26.0 Å². The Balaban J connectivity index is 2.11. The van der Waals surface area contributed by atoms with Gasteiger partial charge >= 0.3 is 7.12 Å². The monoisotopic (exact) mass is 264 g/mol. The Kier molecular flexibility index (Phi) is 4.27. The van der Waals surface area contributed by atoms with Crippen LogP contribution in [0.25, 0.3) is 6.08 Å². The summed E-state index contributed by atoms with van der Waals surface area (Å²) in [4.78, 5) is 0. The van der Waals surface area contributed by atoms with Crippen molar-refractivity contribution in [1.82, 2.24) is 0 Å². The highest BCUT2D eigenvalue weighted by Gasteiger charge is 2.35. The van der Waals surface area contributed by atoms with E-state index < -0.39 is 12.8 Å². The first-order valence-corrected chi connectivity index (χ1v) is 6.25. The van der Waals surface area contributed by atoms with Crippen LogP contribution >= 0.6 is 0 Å². The number of hydrogen-bond acceptors (Lipinski definition) is 3. The van der Waals surface area contributed by atoms with Crippen LogP contribution in [-0.2, 0) is 9.31 Å². The van der Waals surface area contributed by atoms with Gasteiger partial charge in [-0.1, -0.05) is 32.0 Å². The minimum atomic E-state index is -0.919. The van der Waals surface area contributed by atoms with Gasteiger partial charge in [0, 0.05) is 24.2 Å². The van der Waals surface area contributed by atoms with Crippen molar-refractivity contribution < 1.29 is 18.4 Å². The molecule has 1 saturated heterocycles. The fourth-order valence-electron chi connectivity index (χ4n) is 1.85. The Labute approximate surface area is 113 Å². The van der Waals surface area contributed by atoms with Crippen LogP contribution in [0.5, 0.6) is 5.75 Å². The van der Waals surface area contributed by atoms with Crippen molar-refractivity contribution in [2.24, 2.45) is 5.41 Å². The van der Waals surface area contributed by atoms with Gasteiger partial charge < -0.3 is 14.0 Å². The van der Waals surface area contributed by atoms with Gasteiger partial charge in [0.05, 0.1) is 7.11 Å². The number of ether oxygens (including phenoxy) is 1. The van der Waals surface area contributed by atoms with Gasteiger partial charge in [-0.05, 0) is 12.1 Å². The Bertz CT molecular complexity index is 464. The second-order valence-electron chi connectivity index (χ2n) is 5.39. The van der Waals surface area contributed by atoms with Crippen LogP contribution in [0, 0.1) is 5.41 Å². The average molecular weight is 264 g/mol. The topological polar surface area (TPSA) is 27.7 Å². The van der Waals surface area contributed by atoms with Gasteiger partial charge in [-0.3, -0.25) is 0 Å². The van der Waals surface area contributed by atoms with Crippen LogP contribution in [0.4, 0.5) is 4.39 Å². The summed E-state index contributed by atoms with van der Waals surface area (Å²) in [5.74, 6) is 0.619. The van der Waals surface area contributed by atoms with Crippen LogP contribution in [0.2, 0.25) is 0 Å². The minimum absolute atomic E-state index is 0.0682.